The van der Waals surface area contributed by atoms with Crippen LogP contribution in [0.3, 0.4) is 0 Å². The minimum Gasteiger partial charge on any atom is -0.0625 e. The van der Waals surface area contributed by atoms with Crippen LogP contribution in [0.1, 0.15) is 39.5 Å². The van der Waals surface area contributed by atoms with E-state index in [9.17, 15) is 0 Å². The predicted molar refractivity (Wildman–Crippen MR) is 39.2 cm³/mol. The monoisotopic (exact) mass is 124 g/mol. The summed E-state index contributed by atoms with van der Waals surface area (Å²) >= 11 is 0. The van der Waals surface area contributed by atoms with Crippen molar-refractivity contribution in [1.82, 2.24) is 0 Å². The second kappa shape index (κ2) is 1.53. The smallest absolute Gasteiger partial charge is 0.0292 e. The first-order valence-corrected chi connectivity index (χ1v) is 4.21. The van der Waals surface area contributed by atoms with Gasteiger partial charge in [0.15, 0.2) is 0 Å². The van der Waals surface area contributed by atoms with Crippen molar-refractivity contribution in [1.29, 1.82) is 0 Å². The summed E-state index contributed by atoms with van der Waals surface area (Å²) in [6.07, 6.45) is 6.08. The summed E-state index contributed by atoms with van der Waals surface area (Å²) in [4.78, 5) is 0. The van der Waals surface area contributed by atoms with Gasteiger partial charge in [0.25, 0.3) is 0 Å². The molecular formula is C9H16. The van der Waals surface area contributed by atoms with E-state index in [0.29, 0.717) is 0 Å². The van der Waals surface area contributed by atoms with Crippen molar-refractivity contribution >= 4 is 0 Å². The molecule has 0 radical (unpaired) electrons. The fourth-order valence-electron chi connectivity index (χ4n) is 2.59. The molecule has 0 aromatic carbocycles. The van der Waals surface area contributed by atoms with Gasteiger partial charge in [-0.2, -0.15) is 0 Å². The minimum atomic E-state index is 0.817. The molecule has 3 unspecified atom stereocenters. The van der Waals surface area contributed by atoms with Crippen molar-refractivity contribution in [3.8, 4) is 0 Å². The topological polar surface area (TPSA) is 0 Å². The average Bonchev–Trinajstić information content (AvgIpc) is 2.38. The van der Waals surface area contributed by atoms with Crippen LogP contribution >= 0.6 is 0 Å². The molecule has 3 atom stereocenters. The molecular weight excluding hydrogens is 108 g/mol. The molecule has 0 aliphatic heterocycles. The molecule has 0 N–H and O–H groups in total. The predicted octanol–water partition coefficient (Wildman–Crippen LogP) is 2.83. The van der Waals surface area contributed by atoms with E-state index >= 15 is 0 Å². The second-order valence-corrected chi connectivity index (χ2v) is 4.44. The fraction of sp³-hybridized carbons (Fsp3) is 1.00. The van der Waals surface area contributed by atoms with Crippen LogP contribution < -0.4 is 0 Å². The third kappa shape index (κ3) is 0.798. The van der Waals surface area contributed by atoms with Gasteiger partial charge in [-0.05, 0) is 36.5 Å². The summed E-state index contributed by atoms with van der Waals surface area (Å²) in [6.45, 7) is 4.87. The largest absolute Gasteiger partial charge is 0.0625 e. The van der Waals surface area contributed by atoms with Crippen LogP contribution in [-0.4, -0.2) is 0 Å². The first-order chi connectivity index (χ1) is 4.21. The lowest BCUT2D eigenvalue weighted by molar-refractivity contribution is 0.286. The van der Waals surface area contributed by atoms with Gasteiger partial charge in [-0.25, -0.2) is 0 Å². The summed E-state index contributed by atoms with van der Waals surface area (Å²) in [5.41, 5.74) is 0.817. The van der Waals surface area contributed by atoms with Gasteiger partial charge in [-0.15, -0.1) is 0 Å². The Balaban J connectivity index is 2.03. The Kier molecular flexibility index (Phi) is 0.980. The van der Waals surface area contributed by atoms with E-state index < -0.39 is 0 Å². The molecule has 52 valence electrons. The normalized spacial score (nSPS) is 56.7. The Morgan fingerprint density at radius 3 is 2.56 bits per heavy atom. The lowest BCUT2D eigenvalue weighted by Crippen LogP contribution is -2.11. The summed E-state index contributed by atoms with van der Waals surface area (Å²) in [5, 5.41) is 0. The van der Waals surface area contributed by atoms with Crippen molar-refractivity contribution in [2.24, 2.45) is 17.3 Å². The van der Waals surface area contributed by atoms with Gasteiger partial charge in [0.1, 0.15) is 0 Å². The molecule has 0 aromatic heterocycles. The maximum Gasteiger partial charge on any atom is -0.0292 e. The molecule has 0 saturated heterocycles. The Hall–Kier alpha value is 0. The van der Waals surface area contributed by atoms with Gasteiger partial charge < -0.3 is 0 Å². The Labute approximate surface area is 57.6 Å². The molecule has 0 heteroatoms. The van der Waals surface area contributed by atoms with Gasteiger partial charge in [0.2, 0.25) is 0 Å². The zero-order valence-corrected chi connectivity index (χ0v) is 6.48. The molecule has 2 aliphatic carbocycles. The molecule has 0 amide bonds. The summed E-state index contributed by atoms with van der Waals surface area (Å²) in [6, 6.07) is 0. The lowest BCUT2D eigenvalue weighted by atomic mass is 9.83. The Morgan fingerprint density at radius 2 is 2.00 bits per heavy atom. The quantitative estimate of drug-likeness (QED) is 0.466. The van der Waals surface area contributed by atoms with Crippen LogP contribution in [0.5, 0.6) is 0 Å². The van der Waals surface area contributed by atoms with Crippen molar-refractivity contribution in [3.63, 3.8) is 0 Å². The number of hydrogen-bond acceptors (Lipinski definition) is 0. The highest BCUT2D eigenvalue weighted by molar-refractivity contribution is 5.02. The second-order valence-electron chi connectivity index (χ2n) is 4.44. The van der Waals surface area contributed by atoms with Crippen LogP contribution in [-0.2, 0) is 0 Å². The van der Waals surface area contributed by atoms with Crippen molar-refractivity contribution in [3.05, 3.63) is 0 Å². The van der Waals surface area contributed by atoms with Crippen molar-refractivity contribution in [2.45, 2.75) is 39.5 Å². The highest BCUT2D eigenvalue weighted by atomic mass is 14.6. The van der Waals surface area contributed by atoms with E-state index in [-0.39, 0.29) is 0 Å². The summed E-state index contributed by atoms with van der Waals surface area (Å²) in [5.74, 6) is 2.16. The molecule has 2 rings (SSSR count). The Bertz CT molecular complexity index is 128. The highest BCUT2D eigenvalue weighted by Gasteiger charge is 2.51. The van der Waals surface area contributed by atoms with Gasteiger partial charge in [-0.3, -0.25) is 0 Å². The molecule has 2 fully saturated rings. The number of fused-ring (bicyclic) bond motifs is 1. The maximum absolute atomic E-state index is 2.47. The minimum absolute atomic E-state index is 0.817. The van der Waals surface area contributed by atoms with E-state index in [1.807, 2.05) is 0 Å². The summed E-state index contributed by atoms with van der Waals surface area (Å²) < 4.78 is 0. The first kappa shape index (κ1) is 5.76. The van der Waals surface area contributed by atoms with Crippen LogP contribution in [0.15, 0.2) is 0 Å². The molecule has 9 heavy (non-hydrogen) atoms. The molecule has 0 aromatic rings. The van der Waals surface area contributed by atoms with Crippen LogP contribution in [0.4, 0.5) is 0 Å². The standard InChI is InChI=1S/C9H16/c1-7-3-4-8-6-9(8,2)5-7/h7-8H,3-6H2,1-2H3. The van der Waals surface area contributed by atoms with E-state index in [1.54, 1.807) is 0 Å². The molecule has 0 bridgehead atoms. The van der Waals surface area contributed by atoms with E-state index in [2.05, 4.69) is 13.8 Å². The molecule has 2 saturated carbocycles. The van der Waals surface area contributed by atoms with Crippen LogP contribution in [0.25, 0.3) is 0 Å². The SMILES string of the molecule is CC1CCC2CC2(C)C1. The average molecular weight is 124 g/mol. The zero-order valence-electron chi connectivity index (χ0n) is 6.48. The lowest BCUT2D eigenvalue weighted by Gasteiger charge is -2.22. The van der Waals surface area contributed by atoms with E-state index in [1.165, 1.54) is 25.7 Å². The zero-order chi connectivity index (χ0) is 6.48. The first-order valence-electron chi connectivity index (χ1n) is 4.21. The molecule has 0 heterocycles. The van der Waals surface area contributed by atoms with Crippen LogP contribution in [0, 0.1) is 17.3 Å². The Morgan fingerprint density at radius 1 is 1.22 bits per heavy atom. The van der Waals surface area contributed by atoms with Crippen molar-refractivity contribution < 1.29 is 0 Å². The van der Waals surface area contributed by atoms with Gasteiger partial charge >= 0.3 is 0 Å². The van der Waals surface area contributed by atoms with Gasteiger partial charge in [0.05, 0.1) is 0 Å². The van der Waals surface area contributed by atoms with E-state index in [4.69, 9.17) is 0 Å². The summed E-state index contributed by atoms with van der Waals surface area (Å²) in [7, 11) is 0. The molecule has 0 nitrogen and oxygen atoms in total. The third-order valence-electron chi connectivity index (χ3n) is 3.36. The maximum atomic E-state index is 2.47. The van der Waals surface area contributed by atoms with Gasteiger partial charge in [0, 0.05) is 0 Å². The fourth-order valence-corrected chi connectivity index (χ4v) is 2.59. The number of hydrogen-bond donors (Lipinski definition) is 0. The third-order valence-corrected chi connectivity index (χ3v) is 3.36. The molecule has 2 aliphatic rings. The molecule has 0 spiro atoms. The van der Waals surface area contributed by atoms with Crippen molar-refractivity contribution in [2.75, 3.05) is 0 Å². The van der Waals surface area contributed by atoms with E-state index in [0.717, 1.165) is 17.3 Å². The van der Waals surface area contributed by atoms with Gasteiger partial charge in [-0.1, -0.05) is 20.3 Å². The number of rotatable bonds is 0. The highest BCUT2D eigenvalue weighted by Crippen LogP contribution is 2.62. The van der Waals surface area contributed by atoms with Crippen LogP contribution in [0.2, 0.25) is 0 Å².